The third kappa shape index (κ3) is 2.71. The average Bonchev–Trinajstić information content (AvgIpc) is 2.72. The van der Waals surface area contributed by atoms with Gasteiger partial charge in [0.1, 0.15) is 17.4 Å². The zero-order chi connectivity index (χ0) is 20.5. The maximum Gasteiger partial charge on any atom is 0.189 e. The summed E-state index contributed by atoms with van der Waals surface area (Å²) in [6, 6.07) is 11.6. The first-order valence-electron chi connectivity index (χ1n) is 8.88. The highest BCUT2D eigenvalue weighted by atomic mass is 16.5. The van der Waals surface area contributed by atoms with Gasteiger partial charge in [-0.15, -0.1) is 0 Å². The number of hydrogen-bond acceptors (Lipinski definition) is 7. The smallest absolute Gasteiger partial charge is 0.189 e. The molecule has 1 fully saturated rings. The number of fused-ring (bicyclic) bond motifs is 1. The van der Waals surface area contributed by atoms with E-state index < -0.39 is 17.3 Å². The van der Waals surface area contributed by atoms with E-state index in [1.807, 2.05) is 13.1 Å². The van der Waals surface area contributed by atoms with Crippen molar-refractivity contribution in [1.29, 1.82) is 21.2 Å². The third-order valence-electron chi connectivity index (χ3n) is 5.74. The zero-order valence-electron chi connectivity index (χ0n) is 16.1. The molecular formula is C21H21N5O2. The topological polar surface area (TPSA) is 117 Å². The van der Waals surface area contributed by atoms with Gasteiger partial charge in [-0.25, -0.2) is 0 Å². The number of nitrogens with one attached hydrogen (secondary N) is 1. The molecule has 142 valence electrons. The number of hydrogen-bond donors (Lipinski definition) is 1. The van der Waals surface area contributed by atoms with Crippen molar-refractivity contribution in [2.45, 2.75) is 5.92 Å². The first kappa shape index (κ1) is 19.4. The number of likely N-dealkylation sites (N-methyl/N-ethyl adjacent to an activating group) is 1. The second-order valence-electron chi connectivity index (χ2n) is 7.12. The summed E-state index contributed by atoms with van der Waals surface area (Å²) in [6.45, 7) is 1.23. The highest BCUT2D eigenvalue weighted by Gasteiger charge is 2.58. The standard InChI is InChI=1S/C21H21N5O2/c1-26-7-6-14-16(9-22)20(25)21(11-23,12-24)19(17(14)10-26)15-8-13(27-2)4-5-18(15)28-3/h4-6,8,16-17,19,25H,7,10H2,1-3H3/t16?,17-,19+/m1/s1. The molecule has 3 atom stereocenters. The fraction of sp³-hybridized carbons (Fsp3) is 0.429. The Balaban J connectivity index is 2.33. The van der Waals surface area contributed by atoms with E-state index in [4.69, 9.17) is 14.9 Å². The van der Waals surface area contributed by atoms with Crippen LogP contribution >= 0.6 is 0 Å². The van der Waals surface area contributed by atoms with Gasteiger partial charge in [0, 0.05) is 30.5 Å². The molecule has 0 aromatic heterocycles. The molecule has 1 heterocycles. The first-order valence-corrected chi connectivity index (χ1v) is 8.88. The van der Waals surface area contributed by atoms with Crippen LogP contribution in [0.3, 0.4) is 0 Å². The molecule has 1 unspecified atom stereocenters. The van der Waals surface area contributed by atoms with Gasteiger partial charge in [-0.1, -0.05) is 6.08 Å². The summed E-state index contributed by atoms with van der Waals surface area (Å²) in [5, 5.41) is 38.5. The summed E-state index contributed by atoms with van der Waals surface area (Å²) in [5.41, 5.74) is -0.485. The van der Waals surface area contributed by atoms with Crippen molar-refractivity contribution in [3.05, 3.63) is 35.4 Å². The van der Waals surface area contributed by atoms with Crippen LogP contribution in [0.15, 0.2) is 29.8 Å². The molecule has 1 saturated carbocycles. The molecule has 1 aromatic rings. The highest BCUT2D eigenvalue weighted by molar-refractivity contribution is 6.01. The number of nitriles is 3. The third-order valence-corrected chi connectivity index (χ3v) is 5.74. The zero-order valence-corrected chi connectivity index (χ0v) is 16.1. The van der Waals surface area contributed by atoms with Crippen molar-refractivity contribution >= 4 is 5.71 Å². The van der Waals surface area contributed by atoms with Gasteiger partial charge in [-0.3, -0.25) is 0 Å². The van der Waals surface area contributed by atoms with Crippen molar-refractivity contribution < 1.29 is 9.47 Å². The van der Waals surface area contributed by atoms with E-state index in [1.54, 1.807) is 25.3 Å². The minimum atomic E-state index is -1.76. The van der Waals surface area contributed by atoms with E-state index in [1.165, 1.54) is 7.11 Å². The van der Waals surface area contributed by atoms with Crippen LogP contribution in [0.1, 0.15) is 11.5 Å². The highest BCUT2D eigenvalue weighted by Crippen LogP contribution is 2.55. The summed E-state index contributed by atoms with van der Waals surface area (Å²) in [4.78, 5) is 2.08. The molecule has 3 rings (SSSR count). The van der Waals surface area contributed by atoms with Crippen LogP contribution in [0.2, 0.25) is 0 Å². The van der Waals surface area contributed by atoms with Crippen LogP contribution < -0.4 is 9.47 Å². The predicted molar refractivity (Wildman–Crippen MR) is 102 cm³/mol. The van der Waals surface area contributed by atoms with Crippen LogP contribution in [-0.4, -0.2) is 45.0 Å². The summed E-state index contributed by atoms with van der Waals surface area (Å²) in [6.07, 6.45) is 1.95. The molecule has 0 spiro atoms. The second kappa shape index (κ2) is 7.35. The predicted octanol–water partition coefficient (Wildman–Crippen LogP) is 2.48. The Kier molecular flexibility index (Phi) is 5.10. The van der Waals surface area contributed by atoms with Crippen LogP contribution in [0.5, 0.6) is 11.5 Å². The van der Waals surface area contributed by atoms with Crippen LogP contribution in [0.4, 0.5) is 0 Å². The molecule has 28 heavy (non-hydrogen) atoms. The van der Waals surface area contributed by atoms with Crippen LogP contribution in [0, 0.1) is 56.7 Å². The summed E-state index contributed by atoms with van der Waals surface area (Å²) >= 11 is 0. The number of methoxy groups -OCH3 is 2. The van der Waals surface area contributed by atoms with E-state index in [-0.39, 0.29) is 11.6 Å². The molecule has 0 saturated heterocycles. The molecule has 1 aromatic carbocycles. The molecule has 1 aliphatic carbocycles. The van der Waals surface area contributed by atoms with E-state index in [0.717, 1.165) is 5.57 Å². The van der Waals surface area contributed by atoms with Crippen LogP contribution in [0.25, 0.3) is 0 Å². The monoisotopic (exact) mass is 375 g/mol. The maximum absolute atomic E-state index is 10.1. The van der Waals surface area contributed by atoms with Crippen molar-refractivity contribution in [3.63, 3.8) is 0 Å². The number of rotatable bonds is 3. The normalized spacial score (nSPS) is 26.1. The Morgan fingerprint density at radius 1 is 1.18 bits per heavy atom. The van der Waals surface area contributed by atoms with Gasteiger partial charge < -0.3 is 19.8 Å². The SMILES string of the molecule is COc1ccc(OC)c([C@H]2[C@@H]3CN(C)CC=C3C(C#N)C(=N)C2(C#N)C#N)c1. The molecule has 1 aliphatic heterocycles. The average molecular weight is 375 g/mol. The minimum absolute atomic E-state index is 0.165. The minimum Gasteiger partial charge on any atom is -0.497 e. The fourth-order valence-corrected chi connectivity index (χ4v) is 4.38. The van der Waals surface area contributed by atoms with E-state index in [0.29, 0.717) is 30.2 Å². The van der Waals surface area contributed by atoms with Gasteiger partial charge in [0.15, 0.2) is 5.41 Å². The summed E-state index contributed by atoms with van der Waals surface area (Å²) in [5.74, 6) is -0.692. The molecule has 0 bridgehead atoms. The summed E-state index contributed by atoms with van der Waals surface area (Å²) in [7, 11) is 5.03. The van der Waals surface area contributed by atoms with Crippen molar-refractivity contribution in [3.8, 4) is 29.7 Å². The lowest BCUT2D eigenvalue weighted by atomic mass is 9.54. The van der Waals surface area contributed by atoms with Gasteiger partial charge in [0.2, 0.25) is 0 Å². The number of benzene rings is 1. The van der Waals surface area contributed by atoms with Gasteiger partial charge in [0.05, 0.1) is 38.1 Å². The van der Waals surface area contributed by atoms with Gasteiger partial charge >= 0.3 is 0 Å². The number of ether oxygens (including phenoxy) is 2. The van der Waals surface area contributed by atoms with E-state index in [2.05, 4.69) is 23.1 Å². The second-order valence-corrected chi connectivity index (χ2v) is 7.12. The van der Waals surface area contributed by atoms with Crippen molar-refractivity contribution in [1.82, 2.24) is 4.90 Å². The number of nitrogens with zero attached hydrogens (tertiary/aromatic N) is 4. The Morgan fingerprint density at radius 2 is 1.89 bits per heavy atom. The molecule has 7 heteroatoms. The van der Waals surface area contributed by atoms with E-state index in [9.17, 15) is 15.8 Å². The largest absolute Gasteiger partial charge is 0.497 e. The molecule has 1 N–H and O–H groups in total. The Morgan fingerprint density at radius 3 is 2.46 bits per heavy atom. The molecular weight excluding hydrogens is 354 g/mol. The molecule has 0 amide bonds. The van der Waals surface area contributed by atoms with Gasteiger partial charge in [-0.2, -0.15) is 15.8 Å². The Bertz CT molecular complexity index is 948. The van der Waals surface area contributed by atoms with Gasteiger partial charge in [0.25, 0.3) is 0 Å². The van der Waals surface area contributed by atoms with Gasteiger partial charge in [-0.05, 0) is 30.8 Å². The summed E-state index contributed by atoms with van der Waals surface area (Å²) < 4.78 is 10.9. The lowest BCUT2D eigenvalue weighted by Gasteiger charge is -2.47. The quantitative estimate of drug-likeness (QED) is 0.811. The Hall–Kier alpha value is -3.34. The maximum atomic E-state index is 10.1. The molecule has 2 aliphatic rings. The lowest BCUT2D eigenvalue weighted by molar-refractivity contribution is 0.231. The van der Waals surface area contributed by atoms with Crippen molar-refractivity contribution in [2.75, 3.05) is 34.4 Å². The van der Waals surface area contributed by atoms with E-state index >= 15 is 0 Å². The van der Waals surface area contributed by atoms with Crippen molar-refractivity contribution in [2.24, 2.45) is 17.3 Å². The molecule has 0 radical (unpaired) electrons. The fourth-order valence-electron chi connectivity index (χ4n) is 4.38. The molecule has 7 nitrogen and oxygen atoms in total. The Labute approximate surface area is 164 Å². The first-order chi connectivity index (χ1) is 13.5. The van der Waals surface area contributed by atoms with Crippen LogP contribution in [-0.2, 0) is 0 Å². The lowest BCUT2D eigenvalue weighted by Crippen LogP contribution is -2.52.